The van der Waals surface area contributed by atoms with Crippen molar-refractivity contribution in [3.63, 3.8) is 0 Å². The van der Waals surface area contributed by atoms with Crippen molar-refractivity contribution < 1.29 is 14.3 Å². The summed E-state index contributed by atoms with van der Waals surface area (Å²) in [7, 11) is 3.26. The van der Waals surface area contributed by atoms with Gasteiger partial charge in [0.25, 0.3) is 5.91 Å². The summed E-state index contributed by atoms with van der Waals surface area (Å²) < 4.78 is 11.2. The van der Waals surface area contributed by atoms with Gasteiger partial charge in [0.05, 0.1) is 14.2 Å². The second-order valence-corrected chi connectivity index (χ2v) is 7.50. The van der Waals surface area contributed by atoms with Gasteiger partial charge in [-0.2, -0.15) is 0 Å². The highest BCUT2D eigenvalue weighted by molar-refractivity contribution is 5.94. The Hall–Kier alpha value is -3.73. The van der Waals surface area contributed by atoms with Crippen LogP contribution in [0.3, 0.4) is 0 Å². The molecule has 0 aliphatic heterocycles. The van der Waals surface area contributed by atoms with Crippen LogP contribution in [0.2, 0.25) is 0 Å². The number of H-pyrrole nitrogens is 1. The Bertz CT molecular complexity index is 1210. The number of para-hydroxylation sites is 2. The number of fused-ring (bicyclic) bond motifs is 1. The normalized spacial score (nSPS) is 11.8. The van der Waals surface area contributed by atoms with E-state index < -0.39 is 0 Å². The smallest absolute Gasteiger partial charge is 0.251 e. The lowest BCUT2D eigenvalue weighted by Gasteiger charge is -2.22. The molecule has 5 heteroatoms. The van der Waals surface area contributed by atoms with Crippen molar-refractivity contribution in [2.24, 2.45) is 0 Å². The molecule has 4 rings (SSSR count). The summed E-state index contributed by atoms with van der Waals surface area (Å²) in [4.78, 5) is 16.2. The fraction of sp³-hybridized carbons (Fsp3) is 0.192. The molecule has 2 N–H and O–H groups in total. The number of methoxy groups -OCH3 is 2. The van der Waals surface area contributed by atoms with E-state index in [1.807, 2.05) is 73.8 Å². The van der Waals surface area contributed by atoms with Crippen LogP contribution in [0.15, 0.2) is 72.9 Å². The van der Waals surface area contributed by atoms with Gasteiger partial charge in [-0.1, -0.05) is 48.0 Å². The van der Waals surface area contributed by atoms with Crippen molar-refractivity contribution >= 4 is 16.8 Å². The molecule has 1 amide bonds. The van der Waals surface area contributed by atoms with Gasteiger partial charge in [0.15, 0.2) is 11.5 Å². The number of aryl methyl sites for hydroxylation is 1. The molecule has 5 nitrogen and oxygen atoms in total. The Balaban J connectivity index is 1.74. The maximum absolute atomic E-state index is 12.9. The maximum atomic E-state index is 12.9. The summed E-state index contributed by atoms with van der Waals surface area (Å²) in [5.41, 5.74) is 4.79. The highest BCUT2D eigenvalue weighted by Crippen LogP contribution is 2.40. The average Bonchev–Trinajstić information content (AvgIpc) is 3.23. The number of hydrogen-bond acceptors (Lipinski definition) is 3. The van der Waals surface area contributed by atoms with E-state index in [0.29, 0.717) is 23.6 Å². The van der Waals surface area contributed by atoms with E-state index >= 15 is 0 Å². The molecule has 158 valence electrons. The van der Waals surface area contributed by atoms with Gasteiger partial charge < -0.3 is 19.8 Å². The first-order valence-electron chi connectivity index (χ1n) is 10.2. The third-order valence-electron chi connectivity index (χ3n) is 5.55. The molecule has 1 unspecified atom stereocenters. The van der Waals surface area contributed by atoms with Crippen LogP contribution in [0.4, 0.5) is 0 Å². The van der Waals surface area contributed by atoms with Gasteiger partial charge >= 0.3 is 0 Å². The molecule has 0 aliphatic rings. The number of nitrogens with one attached hydrogen (secondary N) is 2. The van der Waals surface area contributed by atoms with E-state index in [4.69, 9.17) is 9.47 Å². The van der Waals surface area contributed by atoms with E-state index in [1.165, 1.54) is 0 Å². The first-order chi connectivity index (χ1) is 15.1. The lowest BCUT2D eigenvalue weighted by atomic mass is 9.89. The van der Waals surface area contributed by atoms with Crippen molar-refractivity contribution in [1.82, 2.24) is 10.3 Å². The van der Waals surface area contributed by atoms with Crippen molar-refractivity contribution in [3.05, 3.63) is 95.2 Å². The highest BCUT2D eigenvalue weighted by Gasteiger charge is 2.24. The second kappa shape index (κ2) is 8.96. The molecule has 3 aromatic carbocycles. The predicted molar refractivity (Wildman–Crippen MR) is 123 cm³/mol. The molecule has 0 radical (unpaired) electrons. The zero-order chi connectivity index (χ0) is 21.8. The van der Waals surface area contributed by atoms with E-state index in [2.05, 4.69) is 16.4 Å². The van der Waals surface area contributed by atoms with Crippen LogP contribution in [0.5, 0.6) is 11.5 Å². The summed E-state index contributed by atoms with van der Waals surface area (Å²) in [6, 6.07) is 21.6. The van der Waals surface area contributed by atoms with Crippen LogP contribution in [-0.4, -0.2) is 31.7 Å². The first kappa shape index (κ1) is 20.5. The molecule has 1 heterocycles. The third kappa shape index (κ3) is 4.12. The molecular formula is C26H26N2O3. The molecule has 4 aromatic rings. The standard InChI is InChI=1S/C26H26N2O3/c1-17-8-6-9-18(14-17)26(29)28-16-22(20-11-7-13-24(30-2)25(20)31-3)21-15-27-23-12-5-4-10-19(21)23/h4-15,22,27H,16H2,1-3H3,(H,28,29). The number of benzene rings is 3. The molecule has 31 heavy (non-hydrogen) atoms. The Labute approximate surface area is 182 Å². The molecule has 0 saturated carbocycles. The van der Waals surface area contributed by atoms with E-state index in [-0.39, 0.29) is 11.8 Å². The topological polar surface area (TPSA) is 63.3 Å². The molecule has 0 saturated heterocycles. The second-order valence-electron chi connectivity index (χ2n) is 7.50. The first-order valence-corrected chi connectivity index (χ1v) is 10.2. The number of amides is 1. The van der Waals surface area contributed by atoms with Gasteiger partial charge in [-0.15, -0.1) is 0 Å². The fourth-order valence-corrected chi connectivity index (χ4v) is 4.04. The number of ether oxygens (including phenoxy) is 2. The van der Waals surface area contributed by atoms with Gasteiger partial charge in [0.1, 0.15) is 0 Å². The van der Waals surface area contributed by atoms with Crippen LogP contribution in [0.25, 0.3) is 10.9 Å². The Kier molecular flexibility index (Phi) is 5.94. The zero-order valence-corrected chi connectivity index (χ0v) is 17.9. The molecule has 0 bridgehead atoms. The maximum Gasteiger partial charge on any atom is 0.251 e. The third-order valence-corrected chi connectivity index (χ3v) is 5.55. The number of rotatable bonds is 7. The number of carbonyl (C=O) groups excluding carboxylic acids is 1. The predicted octanol–water partition coefficient (Wildman–Crippen LogP) is 5.06. The number of aromatic amines is 1. The van der Waals surface area contributed by atoms with Gasteiger partial charge in [-0.05, 0) is 36.8 Å². The van der Waals surface area contributed by atoms with Gasteiger partial charge in [-0.25, -0.2) is 0 Å². The Morgan fingerprint density at radius 1 is 0.968 bits per heavy atom. The van der Waals surface area contributed by atoms with Crippen molar-refractivity contribution in [2.45, 2.75) is 12.8 Å². The minimum absolute atomic E-state index is 0.101. The number of hydrogen-bond donors (Lipinski definition) is 2. The van der Waals surface area contributed by atoms with Crippen LogP contribution in [-0.2, 0) is 0 Å². The SMILES string of the molecule is COc1cccc(C(CNC(=O)c2cccc(C)c2)c2c[nH]c3ccccc23)c1OC. The minimum atomic E-state index is -0.130. The molecule has 1 aromatic heterocycles. The number of carbonyl (C=O) groups is 1. The largest absolute Gasteiger partial charge is 0.493 e. The van der Waals surface area contributed by atoms with Crippen molar-refractivity contribution in [2.75, 3.05) is 20.8 Å². The minimum Gasteiger partial charge on any atom is -0.493 e. The van der Waals surface area contributed by atoms with Crippen molar-refractivity contribution in [1.29, 1.82) is 0 Å². The fourth-order valence-electron chi connectivity index (χ4n) is 4.04. The van der Waals surface area contributed by atoms with Gasteiger partial charge in [0.2, 0.25) is 0 Å². The Morgan fingerprint density at radius 3 is 2.55 bits per heavy atom. The summed E-state index contributed by atoms with van der Waals surface area (Å²) in [6.07, 6.45) is 2.01. The summed E-state index contributed by atoms with van der Waals surface area (Å²) in [6.45, 7) is 2.39. The molecule has 0 spiro atoms. The summed E-state index contributed by atoms with van der Waals surface area (Å²) >= 11 is 0. The summed E-state index contributed by atoms with van der Waals surface area (Å²) in [5, 5.41) is 4.23. The molecule has 0 aliphatic carbocycles. The van der Waals surface area contributed by atoms with Crippen LogP contribution < -0.4 is 14.8 Å². The highest BCUT2D eigenvalue weighted by atomic mass is 16.5. The molecule has 0 fully saturated rings. The zero-order valence-electron chi connectivity index (χ0n) is 17.9. The quantitative estimate of drug-likeness (QED) is 0.445. The van der Waals surface area contributed by atoms with E-state index in [1.54, 1.807) is 14.2 Å². The number of aromatic nitrogens is 1. The van der Waals surface area contributed by atoms with Gasteiger partial charge in [-0.3, -0.25) is 4.79 Å². The van der Waals surface area contributed by atoms with Crippen LogP contribution in [0, 0.1) is 6.92 Å². The summed E-state index contributed by atoms with van der Waals surface area (Å²) in [5.74, 6) is 1.10. The van der Waals surface area contributed by atoms with E-state index in [9.17, 15) is 4.79 Å². The lowest BCUT2D eigenvalue weighted by Crippen LogP contribution is -2.29. The monoisotopic (exact) mass is 414 g/mol. The van der Waals surface area contributed by atoms with Crippen LogP contribution >= 0.6 is 0 Å². The van der Waals surface area contributed by atoms with Crippen molar-refractivity contribution in [3.8, 4) is 11.5 Å². The molecule has 1 atom stereocenters. The molecular weight excluding hydrogens is 388 g/mol. The lowest BCUT2D eigenvalue weighted by molar-refractivity contribution is 0.0952. The van der Waals surface area contributed by atoms with Crippen LogP contribution in [0.1, 0.15) is 33.0 Å². The average molecular weight is 415 g/mol. The Morgan fingerprint density at radius 2 is 1.77 bits per heavy atom. The van der Waals surface area contributed by atoms with Gasteiger partial charge in [0, 0.05) is 40.7 Å². The van der Waals surface area contributed by atoms with E-state index in [0.717, 1.165) is 27.6 Å².